The number of ether oxygens (including phenoxy) is 1. The van der Waals surface area contributed by atoms with Crippen molar-refractivity contribution in [1.29, 1.82) is 0 Å². The van der Waals surface area contributed by atoms with Gasteiger partial charge in [-0.1, -0.05) is 13.8 Å². The molecule has 6 heteroatoms. The van der Waals surface area contributed by atoms with Gasteiger partial charge in [0.05, 0.1) is 6.54 Å². The number of likely N-dealkylation sites (tertiary alicyclic amines) is 1. The topological polar surface area (TPSA) is 59.4 Å². The quantitative estimate of drug-likeness (QED) is 0.821. The van der Waals surface area contributed by atoms with Crippen molar-refractivity contribution in [2.75, 3.05) is 19.6 Å². The normalized spacial score (nSPS) is 19.4. The van der Waals surface area contributed by atoms with Gasteiger partial charge in [-0.3, -0.25) is 4.68 Å². The molecule has 2 unspecified atom stereocenters. The summed E-state index contributed by atoms with van der Waals surface area (Å²) >= 11 is 0. The number of nitrogens with one attached hydrogen (secondary N) is 1. The van der Waals surface area contributed by atoms with Crippen molar-refractivity contribution in [2.45, 2.75) is 65.6 Å². The Labute approximate surface area is 151 Å². The highest BCUT2D eigenvalue weighted by Gasteiger charge is 2.29. The summed E-state index contributed by atoms with van der Waals surface area (Å²) in [6, 6.07) is 2.37. The number of carbonyl (C=O) groups excluding carboxylic acids is 1. The predicted octanol–water partition coefficient (Wildman–Crippen LogP) is 3.14. The van der Waals surface area contributed by atoms with E-state index in [-0.39, 0.29) is 6.09 Å². The minimum atomic E-state index is -0.423. The molecule has 0 aromatic carbocycles. The molecule has 0 saturated carbocycles. The van der Waals surface area contributed by atoms with Crippen LogP contribution in [-0.4, -0.2) is 52.1 Å². The third-order valence-corrected chi connectivity index (χ3v) is 4.64. The number of aromatic nitrogens is 2. The minimum Gasteiger partial charge on any atom is -0.444 e. The number of amides is 1. The van der Waals surface area contributed by atoms with E-state index >= 15 is 0 Å². The predicted molar refractivity (Wildman–Crippen MR) is 99.4 cm³/mol. The molecule has 1 amide bonds. The van der Waals surface area contributed by atoms with Gasteiger partial charge in [0.2, 0.25) is 0 Å². The average molecular weight is 351 g/mol. The molecule has 25 heavy (non-hydrogen) atoms. The largest absolute Gasteiger partial charge is 0.444 e. The van der Waals surface area contributed by atoms with E-state index in [9.17, 15) is 4.79 Å². The lowest BCUT2D eigenvalue weighted by Gasteiger charge is -2.25. The summed E-state index contributed by atoms with van der Waals surface area (Å²) in [5.41, 5.74) is -0.423. The van der Waals surface area contributed by atoms with E-state index in [1.165, 1.54) is 0 Å². The number of hydrogen-bond donors (Lipinski definition) is 1. The molecule has 1 aromatic rings. The summed E-state index contributed by atoms with van der Waals surface area (Å²) < 4.78 is 7.45. The Morgan fingerprint density at radius 2 is 2.16 bits per heavy atom. The van der Waals surface area contributed by atoms with Gasteiger partial charge < -0.3 is 15.0 Å². The van der Waals surface area contributed by atoms with Crippen molar-refractivity contribution in [3.63, 3.8) is 0 Å². The Morgan fingerprint density at radius 3 is 2.76 bits per heavy atom. The Balaban J connectivity index is 1.71. The first-order valence-electron chi connectivity index (χ1n) is 9.43. The molecule has 1 aliphatic rings. The highest BCUT2D eigenvalue weighted by atomic mass is 16.6. The van der Waals surface area contributed by atoms with Crippen LogP contribution in [0.3, 0.4) is 0 Å². The minimum absolute atomic E-state index is 0.179. The highest BCUT2D eigenvalue weighted by Crippen LogP contribution is 2.21. The zero-order valence-electron chi connectivity index (χ0n) is 16.4. The maximum absolute atomic E-state index is 12.1. The van der Waals surface area contributed by atoms with Crippen LogP contribution in [0.2, 0.25) is 0 Å². The second-order valence-electron chi connectivity index (χ2n) is 8.40. The standard InChI is InChI=1S/C19H34N4O2/c1-15(2)17(14-23-11-6-9-21-23)20-10-7-16-8-12-22(13-16)18(24)25-19(3,4)5/h6,9,11,15-17,20H,7-8,10,12-14H2,1-5H3. The fourth-order valence-corrected chi connectivity index (χ4v) is 3.15. The first kappa shape index (κ1) is 19.8. The zero-order chi connectivity index (χ0) is 18.4. The van der Waals surface area contributed by atoms with Gasteiger partial charge in [0.1, 0.15) is 5.60 Å². The SMILES string of the molecule is CC(C)C(Cn1cccn1)NCCC1CCN(C(=O)OC(C)(C)C)C1. The Kier molecular flexibility index (Phi) is 6.87. The molecular formula is C19H34N4O2. The summed E-state index contributed by atoms with van der Waals surface area (Å²) in [7, 11) is 0. The maximum atomic E-state index is 12.1. The fraction of sp³-hybridized carbons (Fsp3) is 0.789. The van der Waals surface area contributed by atoms with E-state index in [2.05, 4.69) is 24.3 Å². The van der Waals surface area contributed by atoms with Gasteiger partial charge in [0.25, 0.3) is 0 Å². The third-order valence-electron chi connectivity index (χ3n) is 4.64. The van der Waals surface area contributed by atoms with E-state index in [0.717, 1.165) is 39.0 Å². The van der Waals surface area contributed by atoms with Gasteiger partial charge in [-0.25, -0.2) is 4.79 Å². The summed E-state index contributed by atoms with van der Waals surface area (Å²) in [4.78, 5) is 14.0. The first-order chi connectivity index (χ1) is 11.7. The van der Waals surface area contributed by atoms with E-state index < -0.39 is 5.60 Å². The smallest absolute Gasteiger partial charge is 0.410 e. The van der Waals surface area contributed by atoms with Gasteiger partial charge in [-0.15, -0.1) is 0 Å². The molecule has 0 radical (unpaired) electrons. The van der Waals surface area contributed by atoms with Crippen LogP contribution < -0.4 is 5.32 Å². The third kappa shape index (κ3) is 6.69. The van der Waals surface area contributed by atoms with Crippen molar-refractivity contribution >= 4 is 6.09 Å². The molecule has 142 valence electrons. The van der Waals surface area contributed by atoms with Gasteiger partial charge in [0, 0.05) is 31.5 Å². The van der Waals surface area contributed by atoms with Crippen LogP contribution in [-0.2, 0) is 11.3 Å². The maximum Gasteiger partial charge on any atom is 0.410 e. The van der Waals surface area contributed by atoms with Crippen LogP contribution in [0, 0.1) is 11.8 Å². The number of rotatable bonds is 7. The molecule has 6 nitrogen and oxygen atoms in total. The molecule has 0 spiro atoms. The Bertz CT molecular complexity index is 522. The van der Waals surface area contributed by atoms with Crippen molar-refractivity contribution < 1.29 is 9.53 Å². The van der Waals surface area contributed by atoms with Gasteiger partial charge in [0.15, 0.2) is 0 Å². The van der Waals surface area contributed by atoms with Crippen LogP contribution in [0.5, 0.6) is 0 Å². The highest BCUT2D eigenvalue weighted by molar-refractivity contribution is 5.68. The van der Waals surface area contributed by atoms with Crippen LogP contribution in [0.25, 0.3) is 0 Å². The summed E-state index contributed by atoms with van der Waals surface area (Å²) in [5, 5.41) is 7.97. The van der Waals surface area contributed by atoms with Gasteiger partial charge >= 0.3 is 6.09 Å². The summed E-state index contributed by atoms with van der Waals surface area (Å²) in [6.45, 7) is 13.7. The van der Waals surface area contributed by atoms with Crippen LogP contribution >= 0.6 is 0 Å². The van der Waals surface area contributed by atoms with Gasteiger partial charge in [-0.05, 0) is 58.1 Å². The summed E-state index contributed by atoms with van der Waals surface area (Å²) in [5.74, 6) is 1.10. The first-order valence-corrected chi connectivity index (χ1v) is 9.43. The van der Waals surface area contributed by atoms with Crippen molar-refractivity contribution in [3.8, 4) is 0 Å². The van der Waals surface area contributed by atoms with Crippen LogP contribution in [0.1, 0.15) is 47.5 Å². The molecule has 0 bridgehead atoms. The number of hydrogen-bond acceptors (Lipinski definition) is 4. The van der Waals surface area contributed by atoms with Crippen molar-refractivity contribution in [3.05, 3.63) is 18.5 Å². The monoisotopic (exact) mass is 350 g/mol. The molecule has 2 atom stereocenters. The fourth-order valence-electron chi connectivity index (χ4n) is 3.15. The number of nitrogens with zero attached hydrogens (tertiary/aromatic N) is 3. The summed E-state index contributed by atoms with van der Waals surface area (Å²) in [6.07, 6.45) is 5.80. The molecule has 1 saturated heterocycles. The van der Waals surface area contributed by atoms with E-state index in [4.69, 9.17) is 4.74 Å². The Morgan fingerprint density at radius 1 is 1.40 bits per heavy atom. The Hall–Kier alpha value is -1.56. The van der Waals surface area contributed by atoms with E-state index in [0.29, 0.717) is 17.9 Å². The second-order valence-corrected chi connectivity index (χ2v) is 8.40. The van der Waals surface area contributed by atoms with Crippen molar-refractivity contribution in [2.24, 2.45) is 11.8 Å². The van der Waals surface area contributed by atoms with Crippen LogP contribution in [0.15, 0.2) is 18.5 Å². The zero-order valence-corrected chi connectivity index (χ0v) is 16.4. The van der Waals surface area contributed by atoms with E-state index in [1.807, 2.05) is 48.8 Å². The van der Waals surface area contributed by atoms with Crippen molar-refractivity contribution in [1.82, 2.24) is 20.0 Å². The molecule has 0 aliphatic carbocycles. The molecule has 2 heterocycles. The molecule has 2 rings (SSSR count). The van der Waals surface area contributed by atoms with Crippen LogP contribution in [0.4, 0.5) is 4.79 Å². The van der Waals surface area contributed by atoms with E-state index in [1.54, 1.807) is 0 Å². The molecule has 1 fully saturated rings. The average Bonchev–Trinajstić information content (AvgIpc) is 3.15. The molecule has 1 aromatic heterocycles. The molecule has 1 N–H and O–H groups in total. The second kappa shape index (κ2) is 8.70. The lowest BCUT2D eigenvalue weighted by Crippen LogP contribution is -2.39. The molecular weight excluding hydrogens is 316 g/mol. The lowest BCUT2D eigenvalue weighted by molar-refractivity contribution is 0.0287. The van der Waals surface area contributed by atoms with Gasteiger partial charge in [-0.2, -0.15) is 5.10 Å². The molecule has 1 aliphatic heterocycles. The number of carbonyl (C=O) groups is 1. The lowest BCUT2D eigenvalue weighted by atomic mass is 10.0.